The monoisotopic (exact) mass is 445 g/mol. The number of pyridine rings is 1. The SMILES string of the molecule is COCCCOc1cc2c(cc1OC)-c1c(F)c(=O)c(C(=O)O)cn1C1C2CCC1(C)C. The fourth-order valence-corrected chi connectivity index (χ4v) is 5.25. The van der Waals surface area contributed by atoms with Crippen molar-refractivity contribution in [1.29, 1.82) is 0 Å². The summed E-state index contributed by atoms with van der Waals surface area (Å²) in [5.74, 6) is -1.46. The van der Waals surface area contributed by atoms with Crippen LogP contribution in [0.1, 0.15) is 61.0 Å². The van der Waals surface area contributed by atoms with Crippen LogP contribution in [-0.4, -0.2) is 43.1 Å². The maximum Gasteiger partial charge on any atom is 0.341 e. The van der Waals surface area contributed by atoms with Gasteiger partial charge in [-0.2, -0.15) is 0 Å². The number of fused-ring (bicyclic) bond motifs is 6. The molecule has 0 saturated heterocycles. The summed E-state index contributed by atoms with van der Waals surface area (Å²) in [5.41, 5.74) is -0.339. The summed E-state index contributed by atoms with van der Waals surface area (Å²) in [4.78, 5) is 24.2. The van der Waals surface area contributed by atoms with E-state index in [0.717, 1.165) is 18.4 Å². The zero-order valence-corrected chi connectivity index (χ0v) is 18.7. The van der Waals surface area contributed by atoms with Crippen LogP contribution in [0.25, 0.3) is 11.3 Å². The molecule has 1 aromatic carbocycles. The number of aromatic nitrogens is 1. The highest BCUT2D eigenvalue weighted by Crippen LogP contribution is 2.60. The lowest BCUT2D eigenvalue weighted by Gasteiger charge is -2.40. The van der Waals surface area contributed by atoms with Gasteiger partial charge in [0.25, 0.3) is 0 Å². The van der Waals surface area contributed by atoms with Gasteiger partial charge in [-0.15, -0.1) is 0 Å². The van der Waals surface area contributed by atoms with Crippen LogP contribution in [0.2, 0.25) is 0 Å². The zero-order chi connectivity index (χ0) is 23.2. The number of carboxylic acid groups (broad SMARTS) is 1. The molecule has 1 N–H and O–H groups in total. The highest BCUT2D eigenvalue weighted by atomic mass is 19.1. The summed E-state index contributed by atoms with van der Waals surface area (Å²) in [6, 6.07) is 3.39. The van der Waals surface area contributed by atoms with Crippen LogP contribution in [0.3, 0.4) is 0 Å². The number of methoxy groups -OCH3 is 2. The first kappa shape index (κ1) is 22.3. The Morgan fingerprint density at radius 2 is 2.00 bits per heavy atom. The molecule has 1 aliphatic carbocycles. The van der Waals surface area contributed by atoms with Crippen LogP contribution >= 0.6 is 0 Å². The fraction of sp³-hybridized carbons (Fsp3) is 0.500. The predicted octanol–water partition coefficient (Wildman–Crippen LogP) is 4.23. The maximum absolute atomic E-state index is 15.4. The minimum Gasteiger partial charge on any atom is -0.493 e. The first-order valence-corrected chi connectivity index (χ1v) is 10.7. The molecule has 7 nitrogen and oxygen atoms in total. The van der Waals surface area contributed by atoms with Crippen LogP contribution < -0.4 is 14.9 Å². The van der Waals surface area contributed by atoms with E-state index < -0.39 is 22.8 Å². The molecule has 2 atom stereocenters. The number of carbonyl (C=O) groups is 1. The summed E-state index contributed by atoms with van der Waals surface area (Å²) in [6.45, 7) is 5.19. The molecule has 2 aromatic rings. The number of hydrogen-bond donors (Lipinski definition) is 1. The van der Waals surface area contributed by atoms with E-state index in [-0.39, 0.29) is 23.1 Å². The second-order valence-electron chi connectivity index (χ2n) is 9.11. The first-order chi connectivity index (χ1) is 15.2. The molecule has 4 rings (SSSR count). The van der Waals surface area contributed by atoms with Gasteiger partial charge in [-0.3, -0.25) is 4.79 Å². The quantitative estimate of drug-likeness (QED) is 0.642. The van der Waals surface area contributed by atoms with Crippen LogP contribution in [-0.2, 0) is 4.74 Å². The Bertz CT molecular complexity index is 1120. The Hall–Kier alpha value is -2.87. The summed E-state index contributed by atoms with van der Waals surface area (Å²) >= 11 is 0. The molecule has 2 aliphatic rings. The van der Waals surface area contributed by atoms with Gasteiger partial charge in [0.1, 0.15) is 5.56 Å². The summed E-state index contributed by atoms with van der Waals surface area (Å²) < 4.78 is 33.6. The van der Waals surface area contributed by atoms with Crippen molar-refractivity contribution in [2.75, 3.05) is 27.4 Å². The van der Waals surface area contributed by atoms with E-state index in [1.807, 2.05) is 6.07 Å². The Balaban J connectivity index is 1.94. The third-order valence-corrected chi connectivity index (χ3v) is 6.73. The second kappa shape index (κ2) is 8.24. The number of nitrogens with zero attached hydrogens (tertiary/aromatic N) is 1. The van der Waals surface area contributed by atoms with Crippen molar-refractivity contribution in [2.24, 2.45) is 5.41 Å². The topological polar surface area (TPSA) is 87.0 Å². The molecule has 1 aliphatic heterocycles. The Morgan fingerprint density at radius 3 is 2.66 bits per heavy atom. The average molecular weight is 445 g/mol. The predicted molar refractivity (Wildman–Crippen MR) is 116 cm³/mol. The van der Waals surface area contributed by atoms with Gasteiger partial charge in [-0.05, 0) is 36.0 Å². The molecule has 0 radical (unpaired) electrons. The number of hydrogen-bond acceptors (Lipinski definition) is 5. The first-order valence-electron chi connectivity index (χ1n) is 10.7. The molecule has 0 amide bonds. The summed E-state index contributed by atoms with van der Waals surface area (Å²) in [5, 5.41) is 9.47. The Kier molecular flexibility index (Phi) is 5.75. The van der Waals surface area contributed by atoms with E-state index >= 15 is 4.39 Å². The molecule has 2 heterocycles. The fourth-order valence-electron chi connectivity index (χ4n) is 5.25. The standard InChI is InChI=1S/C24H28FNO6/c1-24(2)7-6-13-14-10-18(32-9-5-8-30-3)17(31-4)11-15(14)20-19(25)21(27)16(23(28)29)12-26(20)22(13)24/h10-13,22H,5-9H2,1-4H3,(H,28,29). The minimum absolute atomic E-state index is 0.0308. The Labute approximate surface area is 185 Å². The lowest BCUT2D eigenvalue weighted by Crippen LogP contribution is -2.34. The molecule has 2 unspecified atom stereocenters. The van der Waals surface area contributed by atoms with Crippen LogP contribution in [0, 0.1) is 11.2 Å². The van der Waals surface area contributed by atoms with Crippen LogP contribution in [0.5, 0.6) is 11.5 Å². The maximum atomic E-state index is 15.4. The smallest absolute Gasteiger partial charge is 0.341 e. The third-order valence-electron chi connectivity index (χ3n) is 6.73. The van der Waals surface area contributed by atoms with Crippen molar-refractivity contribution in [3.05, 3.63) is 45.5 Å². The molecule has 0 bridgehead atoms. The van der Waals surface area contributed by atoms with Crippen molar-refractivity contribution >= 4 is 5.97 Å². The zero-order valence-electron chi connectivity index (χ0n) is 18.7. The molecular weight excluding hydrogens is 417 g/mol. The van der Waals surface area contributed by atoms with Gasteiger partial charge in [0, 0.05) is 43.9 Å². The molecule has 172 valence electrons. The van der Waals surface area contributed by atoms with E-state index in [0.29, 0.717) is 36.7 Å². The minimum atomic E-state index is -1.43. The van der Waals surface area contributed by atoms with Gasteiger partial charge < -0.3 is 23.9 Å². The van der Waals surface area contributed by atoms with E-state index in [1.54, 1.807) is 17.7 Å². The van der Waals surface area contributed by atoms with Crippen LogP contribution in [0.15, 0.2) is 23.1 Å². The molecular formula is C24H28FNO6. The second-order valence-corrected chi connectivity index (χ2v) is 9.11. The van der Waals surface area contributed by atoms with Gasteiger partial charge in [0.15, 0.2) is 17.3 Å². The molecule has 0 spiro atoms. The van der Waals surface area contributed by atoms with Crippen molar-refractivity contribution in [1.82, 2.24) is 4.57 Å². The largest absolute Gasteiger partial charge is 0.493 e. The van der Waals surface area contributed by atoms with Gasteiger partial charge in [-0.25, -0.2) is 9.18 Å². The van der Waals surface area contributed by atoms with Gasteiger partial charge in [0.2, 0.25) is 5.43 Å². The molecule has 1 fully saturated rings. The molecule has 8 heteroatoms. The van der Waals surface area contributed by atoms with Crippen molar-refractivity contribution in [2.45, 2.75) is 45.1 Å². The summed E-state index contributed by atoms with van der Waals surface area (Å²) in [6.07, 6.45) is 3.75. The molecule has 1 aromatic heterocycles. The highest BCUT2D eigenvalue weighted by molar-refractivity contribution is 5.88. The lowest BCUT2D eigenvalue weighted by atomic mass is 9.77. The van der Waals surface area contributed by atoms with E-state index in [2.05, 4.69) is 13.8 Å². The molecule has 32 heavy (non-hydrogen) atoms. The highest BCUT2D eigenvalue weighted by Gasteiger charge is 2.48. The number of aromatic carboxylic acids is 1. The molecule has 1 saturated carbocycles. The van der Waals surface area contributed by atoms with Crippen molar-refractivity contribution < 1.29 is 28.5 Å². The Morgan fingerprint density at radius 1 is 1.25 bits per heavy atom. The van der Waals surface area contributed by atoms with E-state index in [9.17, 15) is 14.7 Å². The number of ether oxygens (including phenoxy) is 3. The van der Waals surface area contributed by atoms with Crippen molar-refractivity contribution in [3.8, 4) is 22.8 Å². The normalized spacial score (nSPS) is 20.3. The third kappa shape index (κ3) is 3.46. The van der Waals surface area contributed by atoms with E-state index in [4.69, 9.17) is 14.2 Å². The number of rotatable bonds is 7. The number of benzene rings is 1. The van der Waals surface area contributed by atoms with Gasteiger partial charge in [0.05, 0.1) is 19.4 Å². The van der Waals surface area contributed by atoms with Gasteiger partial charge >= 0.3 is 5.97 Å². The van der Waals surface area contributed by atoms with Crippen molar-refractivity contribution in [3.63, 3.8) is 0 Å². The lowest BCUT2D eigenvalue weighted by molar-refractivity contribution is 0.0692. The number of halogens is 1. The van der Waals surface area contributed by atoms with Crippen LogP contribution in [0.4, 0.5) is 4.39 Å². The summed E-state index contributed by atoms with van der Waals surface area (Å²) in [7, 11) is 3.14. The number of carboxylic acids is 1. The average Bonchev–Trinajstić information content (AvgIpc) is 3.08. The van der Waals surface area contributed by atoms with E-state index in [1.165, 1.54) is 13.3 Å². The van der Waals surface area contributed by atoms with Gasteiger partial charge in [-0.1, -0.05) is 13.8 Å².